The van der Waals surface area contributed by atoms with Crippen LogP contribution in [0.1, 0.15) is 52.0 Å². The summed E-state index contributed by atoms with van der Waals surface area (Å²) in [5.41, 5.74) is 1.86. The fourth-order valence-corrected chi connectivity index (χ4v) is 3.69. The van der Waals surface area contributed by atoms with Gasteiger partial charge in [0.15, 0.2) is 6.61 Å². The van der Waals surface area contributed by atoms with E-state index in [1.807, 2.05) is 37.3 Å². The van der Waals surface area contributed by atoms with Crippen molar-refractivity contribution < 1.29 is 23.9 Å². The molecule has 160 valence electrons. The molecule has 1 aromatic heterocycles. The molecule has 2 rings (SSSR count). The third-order valence-corrected chi connectivity index (χ3v) is 5.46. The van der Waals surface area contributed by atoms with Crippen LogP contribution in [-0.4, -0.2) is 36.7 Å². The highest BCUT2D eigenvalue weighted by molar-refractivity contribution is 7.14. The Morgan fingerprint density at radius 3 is 2.33 bits per heavy atom. The standard InChI is InChI=1S/C22H26N2O5S/c1-14-4-6-17(7-5-14)19(24-16(3)26)12-22(28)29-13-20(27)21-9-8-18(30-21)10-11-23-15(2)25/h4-9,19H,10-13H2,1-3H3,(H,23,25)(H,24,26). The topological polar surface area (TPSA) is 102 Å². The van der Waals surface area contributed by atoms with Gasteiger partial charge >= 0.3 is 5.97 Å². The van der Waals surface area contributed by atoms with Crippen LogP contribution in [0.5, 0.6) is 0 Å². The fraction of sp³-hybridized carbons (Fsp3) is 0.364. The minimum Gasteiger partial charge on any atom is -0.457 e. The van der Waals surface area contributed by atoms with Gasteiger partial charge in [-0.25, -0.2) is 0 Å². The molecule has 7 nitrogen and oxygen atoms in total. The summed E-state index contributed by atoms with van der Waals surface area (Å²) in [7, 11) is 0. The highest BCUT2D eigenvalue weighted by atomic mass is 32.1. The number of hydrogen-bond donors (Lipinski definition) is 2. The van der Waals surface area contributed by atoms with Gasteiger partial charge in [-0.3, -0.25) is 19.2 Å². The highest BCUT2D eigenvalue weighted by Gasteiger charge is 2.19. The molecule has 0 spiro atoms. The molecule has 0 aliphatic rings. The van der Waals surface area contributed by atoms with Crippen molar-refractivity contribution in [3.63, 3.8) is 0 Å². The minimum atomic E-state index is -0.565. The SMILES string of the molecule is CC(=O)NCCc1ccc(C(=O)COC(=O)CC(NC(C)=O)c2ccc(C)cc2)s1. The van der Waals surface area contributed by atoms with Crippen molar-refractivity contribution in [1.82, 2.24) is 10.6 Å². The van der Waals surface area contributed by atoms with Crippen molar-refractivity contribution in [3.8, 4) is 0 Å². The molecule has 0 bridgehead atoms. The molecule has 30 heavy (non-hydrogen) atoms. The van der Waals surface area contributed by atoms with Crippen molar-refractivity contribution in [3.05, 3.63) is 57.3 Å². The Morgan fingerprint density at radius 2 is 1.70 bits per heavy atom. The van der Waals surface area contributed by atoms with Crippen molar-refractivity contribution >= 4 is 34.9 Å². The third-order valence-electron chi connectivity index (χ3n) is 4.27. The number of ketones is 1. The molecule has 8 heteroatoms. The van der Waals surface area contributed by atoms with Crippen molar-refractivity contribution in [1.29, 1.82) is 0 Å². The summed E-state index contributed by atoms with van der Waals surface area (Å²) in [6.45, 7) is 4.93. The second-order valence-corrected chi connectivity index (χ2v) is 8.12. The van der Waals surface area contributed by atoms with Crippen LogP contribution < -0.4 is 10.6 Å². The van der Waals surface area contributed by atoms with Gasteiger partial charge in [-0.2, -0.15) is 0 Å². The maximum atomic E-state index is 12.3. The van der Waals surface area contributed by atoms with Gasteiger partial charge < -0.3 is 15.4 Å². The number of hydrogen-bond acceptors (Lipinski definition) is 6. The van der Waals surface area contributed by atoms with Gasteiger partial charge in [0.05, 0.1) is 17.3 Å². The number of carbonyl (C=O) groups excluding carboxylic acids is 4. The molecule has 1 aromatic carbocycles. The third kappa shape index (κ3) is 7.79. The van der Waals surface area contributed by atoms with Gasteiger partial charge in [-0.05, 0) is 31.0 Å². The number of esters is 1. The number of rotatable bonds is 10. The van der Waals surface area contributed by atoms with E-state index in [0.29, 0.717) is 17.8 Å². The monoisotopic (exact) mass is 430 g/mol. The molecule has 0 aliphatic heterocycles. The van der Waals surface area contributed by atoms with Gasteiger partial charge in [-0.15, -0.1) is 11.3 Å². The summed E-state index contributed by atoms with van der Waals surface area (Å²) in [5, 5.41) is 5.45. The number of aryl methyl sites for hydroxylation is 1. The number of benzene rings is 1. The number of Topliss-reactive ketones (excluding diaryl/α,β-unsaturated/α-hetero) is 1. The lowest BCUT2D eigenvalue weighted by Gasteiger charge is -2.17. The summed E-state index contributed by atoms with van der Waals surface area (Å²) >= 11 is 1.32. The van der Waals surface area contributed by atoms with Crippen molar-refractivity contribution in [2.24, 2.45) is 0 Å². The quantitative estimate of drug-likeness (QED) is 0.446. The smallest absolute Gasteiger partial charge is 0.308 e. The lowest BCUT2D eigenvalue weighted by Crippen LogP contribution is -2.29. The molecule has 0 aliphatic carbocycles. The number of thiophene rings is 1. The molecule has 1 atom stereocenters. The summed E-state index contributed by atoms with van der Waals surface area (Å²) in [6.07, 6.45) is 0.564. The number of nitrogens with one attached hydrogen (secondary N) is 2. The van der Waals surface area contributed by atoms with Crippen LogP contribution in [0.25, 0.3) is 0 Å². The second kappa shape index (κ2) is 11.3. The first-order valence-electron chi connectivity index (χ1n) is 9.60. The zero-order chi connectivity index (χ0) is 22.1. The van der Waals surface area contributed by atoms with E-state index in [4.69, 9.17) is 4.74 Å². The van der Waals surface area contributed by atoms with E-state index in [-0.39, 0.29) is 30.6 Å². The van der Waals surface area contributed by atoms with Gasteiger partial charge in [0, 0.05) is 25.3 Å². The van der Waals surface area contributed by atoms with Crippen LogP contribution in [0.3, 0.4) is 0 Å². The summed E-state index contributed by atoms with van der Waals surface area (Å²) in [6, 6.07) is 10.5. The molecule has 1 heterocycles. The van der Waals surface area contributed by atoms with Crippen molar-refractivity contribution in [2.45, 2.75) is 39.7 Å². The second-order valence-electron chi connectivity index (χ2n) is 6.95. The zero-order valence-electron chi connectivity index (χ0n) is 17.3. The van der Waals surface area contributed by atoms with Crippen LogP contribution in [0, 0.1) is 6.92 Å². The average molecular weight is 431 g/mol. The van der Waals surface area contributed by atoms with E-state index in [1.54, 1.807) is 6.07 Å². The Balaban J connectivity index is 1.88. The predicted octanol–water partition coefficient (Wildman–Crippen LogP) is 2.73. The first-order chi connectivity index (χ1) is 14.2. The van der Waals surface area contributed by atoms with E-state index in [0.717, 1.165) is 16.0 Å². The van der Waals surface area contributed by atoms with Crippen LogP contribution in [0.2, 0.25) is 0 Å². The Morgan fingerprint density at radius 1 is 1.00 bits per heavy atom. The molecule has 1 unspecified atom stereocenters. The Labute approximate surface area is 179 Å². The zero-order valence-corrected chi connectivity index (χ0v) is 18.1. The average Bonchev–Trinajstić information content (AvgIpc) is 3.14. The lowest BCUT2D eigenvalue weighted by molar-refractivity contribution is -0.143. The molecule has 0 fully saturated rings. The van der Waals surface area contributed by atoms with Crippen LogP contribution in [-0.2, 0) is 25.5 Å². The van der Waals surface area contributed by atoms with E-state index in [1.165, 1.54) is 25.2 Å². The number of carbonyl (C=O) groups is 4. The van der Waals surface area contributed by atoms with Crippen molar-refractivity contribution in [2.75, 3.05) is 13.2 Å². The molecule has 2 aromatic rings. The van der Waals surface area contributed by atoms with Gasteiger partial charge in [0.1, 0.15) is 0 Å². The van der Waals surface area contributed by atoms with Gasteiger partial charge in [-0.1, -0.05) is 29.8 Å². The molecule has 2 N–H and O–H groups in total. The van der Waals surface area contributed by atoms with E-state index >= 15 is 0 Å². The lowest BCUT2D eigenvalue weighted by atomic mass is 10.0. The van der Waals surface area contributed by atoms with Crippen LogP contribution in [0.15, 0.2) is 36.4 Å². The summed E-state index contributed by atoms with van der Waals surface area (Å²) in [5.74, 6) is -1.21. The summed E-state index contributed by atoms with van der Waals surface area (Å²) < 4.78 is 5.15. The van der Waals surface area contributed by atoms with Crippen LogP contribution >= 0.6 is 11.3 Å². The molecule has 0 saturated heterocycles. The first kappa shape index (κ1) is 23.3. The molecular formula is C22H26N2O5S. The Kier molecular flexibility index (Phi) is 8.73. The highest BCUT2D eigenvalue weighted by Crippen LogP contribution is 2.20. The maximum Gasteiger partial charge on any atom is 0.308 e. The predicted molar refractivity (Wildman–Crippen MR) is 114 cm³/mol. The maximum absolute atomic E-state index is 12.3. The first-order valence-corrected chi connectivity index (χ1v) is 10.4. The molecular weight excluding hydrogens is 404 g/mol. The normalized spacial score (nSPS) is 11.4. The Hall–Kier alpha value is -3.00. The largest absolute Gasteiger partial charge is 0.457 e. The minimum absolute atomic E-state index is 0.0671. The Bertz CT molecular complexity index is 905. The van der Waals surface area contributed by atoms with E-state index in [9.17, 15) is 19.2 Å². The molecule has 0 radical (unpaired) electrons. The molecule has 2 amide bonds. The van der Waals surface area contributed by atoms with E-state index in [2.05, 4.69) is 10.6 Å². The van der Waals surface area contributed by atoms with Gasteiger partial charge in [0.2, 0.25) is 17.6 Å². The number of amides is 2. The molecule has 0 saturated carbocycles. The van der Waals surface area contributed by atoms with Crippen LogP contribution in [0.4, 0.5) is 0 Å². The van der Waals surface area contributed by atoms with E-state index < -0.39 is 12.0 Å². The number of ether oxygens (including phenoxy) is 1. The van der Waals surface area contributed by atoms with Gasteiger partial charge in [0.25, 0.3) is 0 Å². The fourth-order valence-electron chi connectivity index (χ4n) is 2.76. The summed E-state index contributed by atoms with van der Waals surface area (Å²) in [4.78, 5) is 48.4.